The number of sulfonamides is 1. The molecule has 7 heteroatoms. The summed E-state index contributed by atoms with van der Waals surface area (Å²) in [5.74, 6) is -0.893. The summed E-state index contributed by atoms with van der Waals surface area (Å²) in [6.07, 6.45) is 0.363. The number of aliphatic carboxylic acids is 1. The van der Waals surface area contributed by atoms with E-state index in [1.807, 2.05) is 0 Å². The van der Waals surface area contributed by atoms with Crippen molar-refractivity contribution in [1.82, 2.24) is 4.72 Å². The lowest BCUT2D eigenvalue weighted by molar-refractivity contribution is -0.136. The maximum atomic E-state index is 11.9. The van der Waals surface area contributed by atoms with Crippen molar-refractivity contribution in [1.29, 1.82) is 0 Å². The van der Waals surface area contributed by atoms with Gasteiger partial charge < -0.3 is 10.2 Å². The zero-order valence-corrected chi connectivity index (χ0v) is 11.4. The van der Waals surface area contributed by atoms with Gasteiger partial charge in [0.2, 0.25) is 10.0 Å². The summed E-state index contributed by atoms with van der Waals surface area (Å²) in [4.78, 5) is 10.5. The van der Waals surface area contributed by atoms with E-state index in [0.29, 0.717) is 6.42 Å². The van der Waals surface area contributed by atoms with Crippen LogP contribution in [0.5, 0.6) is 0 Å². The molecule has 0 spiro atoms. The fourth-order valence-electron chi connectivity index (χ4n) is 1.46. The van der Waals surface area contributed by atoms with E-state index in [4.69, 9.17) is 10.2 Å². The molecule has 0 heterocycles. The van der Waals surface area contributed by atoms with Crippen LogP contribution >= 0.6 is 0 Å². The molecular weight excluding hydrogens is 270 g/mol. The molecule has 0 saturated carbocycles. The lowest BCUT2D eigenvalue weighted by atomic mass is 10.1. The number of hydrogen-bond acceptors (Lipinski definition) is 4. The van der Waals surface area contributed by atoms with Crippen molar-refractivity contribution >= 4 is 16.0 Å². The van der Waals surface area contributed by atoms with Crippen LogP contribution in [-0.4, -0.2) is 37.2 Å². The smallest absolute Gasteiger partial charge is 0.303 e. The molecule has 0 radical (unpaired) electrons. The summed E-state index contributed by atoms with van der Waals surface area (Å²) in [5.41, 5.74) is 0.761. The van der Waals surface area contributed by atoms with Crippen molar-refractivity contribution in [3.8, 4) is 0 Å². The fourth-order valence-corrected chi connectivity index (χ4v) is 2.69. The molecular formula is C12H17NO5S. The van der Waals surface area contributed by atoms with Crippen LogP contribution in [0.2, 0.25) is 0 Å². The third kappa shape index (κ3) is 4.98. The van der Waals surface area contributed by atoms with Gasteiger partial charge in [-0.15, -0.1) is 0 Å². The minimum atomic E-state index is -3.65. The highest BCUT2D eigenvalue weighted by atomic mass is 32.2. The Kier molecular flexibility index (Phi) is 5.46. The normalized spacial score (nSPS) is 13.2. The van der Waals surface area contributed by atoms with E-state index < -0.39 is 22.0 Å². The number of aryl methyl sites for hydroxylation is 1. The molecule has 3 N–H and O–H groups in total. The highest BCUT2D eigenvalue weighted by Crippen LogP contribution is 2.12. The SMILES string of the molecule is C[C@H](CO)NS(=O)(=O)c1ccc(CCC(=O)O)cc1. The van der Waals surface area contributed by atoms with Crippen molar-refractivity contribution in [3.63, 3.8) is 0 Å². The molecule has 6 nitrogen and oxygen atoms in total. The first-order valence-corrected chi connectivity index (χ1v) is 7.27. The van der Waals surface area contributed by atoms with E-state index in [0.717, 1.165) is 5.56 Å². The molecule has 0 bridgehead atoms. The number of hydrogen-bond donors (Lipinski definition) is 3. The number of aliphatic hydroxyl groups excluding tert-OH is 1. The lowest BCUT2D eigenvalue weighted by Crippen LogP contribution is -2.34. The van der Waals surface area contributed by atoms with E-state index in [1.165, 1.54) is 12.1 Å². The van der Waals surface area contributed by atoms with E-state index in [2.05, 4.69) is 4.72 Å². The van der Waals surface area contributed by atoms with Gasteiger partial charge in [-0.1, -0.05) is 12.1 Å². The molecule has 1 aromatic carbocycles. The van der Waals surface area contributed by atoms with Gasteiger partial charge >= 0.3 is 5.97 Å². The van der Waals surface area contributed by atoms with Gasteiger partial charge in [-0.3, -0.25) is 4.79 Å². The summed E-state index contributed by atoms with van der Waals surface area (Å²) >= 11 is 0. The summed E-state index contributed by atoms with van der Waals surface area (Å²) in [6, 6.07) is 5.45. The van der Waals surface area contributed by atoms with Gasteiger partial charge in [0.1, 0.15) is 0 Å². The first-order valence-electron chi connectivity index (χ1n) is 5.79. The van der Waals surface area contributed by atoms with Crippen molar-refractivity contribution in [2.75, 3.05) is 6.61 Å². The Bertz CT molecular complexity index is 524. The number of carboxylic acid groups (broad SMARTS) is 1. The van der Waals surface area contributed by atoms with Gasteiger partial charge in [0.15, 0.2) is 0 Å². The minimum Gasteiger partial charge on any atom is -0.481 e. The maximum absolute atomic E-state index is 11.9. The van der Waals surface area contributed by atoms with E-state index in [-0.39, 0.29) is 17.9 Å². The summed E-state index contributed by atoms with van der Waals surface area (Å²) in [7, 11) is -3.65. The number of nitrogens with one attached hydrogen (secondary N) is 1. The van der Waals surface area contributed by atoms with Crippen LogP contribution in [0.1, 0.15) is 18.9 Å². The molecule has 1 aromatic rings. The van der Waals surface area contributed by atoms with Gasteiger partial charge in [-0.2, -0.15) is 0 Å². The Morgan fingerprint density at radius 3 is 2.37 bits per heavy atom. The van der Waals surface area contributed by atoms with Crippen LogP contribution in [0.3, 0.4) is 0 Å². The van der Waals surface area contributed by atoms with Crippen LogP contribution in [0.4, 0.5) is 0 Å². The zero-order valence-electron chi connectivity index (χ0n) is 10.5. The summed E-state index contributed by atoms with van der Waals surface area (Å²) < 4.78 is 26.0. The molecule has 0 aromatic heterocycles. The fraction of sp³-hybridized carbons (Fsp3) is 0.417. The lowest BCUT2D eigenvalue weighted by Gasteiger charge is -2.11. The van der Waals surface area contributed by atoms with Gasteiger partial charge in [-0.05, 0) is 31.0 Å². The average Bonchev–Trinajstić information content (AvgIpc) is 2.36. The van der Waals surface area contributed by atoms with Gasteiger partial charge in [0, 0.05) is 12.5 Å². The molecule has 1 rings (SSSR count). The third-order valence-electron chi connectivity index (χ3n) is 2.49. The second-order valence-electron chi connectivity index (χ2n) is 4.24. The average molecular weight is 287 g/mol. The molecule has 0 aliphatic rings. The van der Waals surface area contributed by atoms with E-state index in [9.17, 15) is 13.2 Å². The van der Waals surface area contributed by atoms with Crippen molar-refractivity contribution in [3.05, 3.63) is 29.8 Å². The quantitative estimate of drug-likeness (QED) is 0.672. The van der Waals surface area contributed by atoms with Gasteiger partial charge in [-0.25, -0.2) is 13.1 Å². The van der Waals surface area contributed by atoms with Crippen LogP contribution < -0.4 is 4.72 Å². The number of aliphatic hydroxyl groups is 1. The van der Waals surface area contributed by atoms with Crippen LogP contribution in [0, 0.1) is 0 Å². The monoisotopic (exact) mass is 287 g/mol. The molecule has 0 fully saturated rings. The molecule has 19 heavy (non-hydrogen) atoms. The van der Waals surface area contributed by atoms with Crippen molar-refractivity contribution < 1.29 is 23.4 Å². The van der Waals surface area contributed by atoms with Gasteiger partial charge in [0.05, 0.1) is 11.5 Å². The largest absolute Gasteiger partial charge is 0.481 e. The molecule has 0 aliphatic heterocycles. The Balaban J connectivity index is 2.77. The van der Waals surface area contributed by atoms with Crippen molar-refractivity contribution in [2.24, 2.45) is 0 Å². The molecule has 0 amide bonds. The molecule has 0 aliphatic carbocycles. The summed E-state index contributed by atoms with van der Waals surface area (Å²) in [6.45, 7) is 1.27. The Morgan fingerprint density at radius 1 is 1.32 bits per heavy atom. The summed E-state index contributed by atoms with van der Waals surface area (Å²) in [5, 5.41) is 17.4. The molecule has 1 atom stereocenters. The molecule has 0 unspecified atom stereocenters. The third-order valence-corrected chi connectivity index (χ3v) is 4.10. The topological polar surface area (TPSA) is 104 Å². The number of carbonyl (C=O) groups is 1. The highest BCUT2D eigenvalue weighted by Gasteiger charge is 2.16. The first-order chi connectivity index (χ1) is 8.85. The van der Waals surface area contributed by atoms with Crippen LogP contribution in [-0.2, 0) is 21.2 Å². The predicted octanol–water partition coefficient (Wildman–Crippen LogP) is 0.363. The number of carboxylic acids is 1. The second-order valence-corrected chi connectivity index (χ2v) is 5.96. The Labute approximate surface area is 112 Å². The second kappa shape index (κ2) is 6.65. The Morgan fingerprint density at radius 2 is 1.89 bits per heavy atom. The molecule has 106 valence electrons. The standard InChI is InChI=1S/C12H17NO5S/c1-9(8-14)13-19(17,18)11-5-2-10(3-6-11)4-7-12(15)16/h2-3,5-6,9,13-14H,4,7-8H2,1H3,(H,15,16)/t9-/m1/s1. The maximum Gasteiger partial charge on any atom is 0.303 e. The van der Waals surface area contributed by atoms with Crippen molar-refractivity contribution in [2.45, 2.75) is 30.7 Å². The van der Waals surface area contributed by atoms with Crippen LogP contribution in [0.15, 0.2) is 29.2 Å². The highest BCUT2D eigenvalue weighted by molar-refractivity contribution is 7.89. The van der Waals surface area contributed by atoms with E-state index >= 15 is 0 Å². The number of rotatable bonds is 7. The Hall–Kier alpha value is -1.44. The van der Waals surface area contributed by atoms with Gasteiger partial charge in [0.25, 0.3) is 0 Å². The first kappa shape index (κ1) is 15.6. The van der Waals surface area contributed by atoms with Crippen LogP contribution in [0.25, 0.3) is 0 Å². The zero-order chi connectivity index (χ0) is 14.5. The minimum absolute atomic E-state index is 0.00585. The predicted molar refractivity (Wildman–Crippen MR) is 69.3 cm³/mol. The van der Waals surface area contributed by atoms with E-state index in [1.54, 1.807) is 19.1 Å². The molecule has 0 saturated heterocycles. The number of benzene rings is 1.